The van der Waals surface area contributed by atoms with Crippen molar-refractivity contribution >= 4 is 24.2 Å². The minimum absolute atomic E-state index is 0.0254. The molecule has 0 saturated carbocycles. The molecule has 4 aliphatic rings. The number of piperazine rings is 1. The molecule has 0 radical (unpaired) electrons. The summed E-state index contributed by atoms with van der Waals surface area (Å²) in [7, 11) is 7.60. The Bertz CT molecular complexity index is 1640. The van der Waals surface area contributed by atoms with Gasteiger partial charge in [-0.05, 0) is 59.5 Å². The van der Waals surface area contributed by atoms with Gasteiger partial charge in [-0.25, -0.2) is 0 Å². The molecule has 4 heterocycles. The van der Waals surface area contributed by atoms with Crippen molar-refractivity contribution in [3.8, 4) is 34.8 Å². The molecular formula is C34H42N4O8S. The first-order valence-corrected chi connectivity index (χ1v) is 16.8. The Morgan fingerprint density at radius 2 is 1.96 bits per heavy atom. The van der Waals surface area contributed by atoms with Crippen molar-refractivity contribution in [1.82, 2.24) is 14.7 Å². The molecule has 1 fully saturated rings. The summed E-state index contributed by atoms with van der Waals surface area (Å²) in [5.41, 5.74) is 4.58. The van der Waals surface area contributed by atoms with Gasteiger partial charge in [0.1, 0.15) is 18.4 Å². The first-order valence-electron chi connectivity index (χ1n) is 15.7. The average Bonchev–Trinajstić information content (AvgIpc) is 3.51. The Hall–Kier alpha value is -3.70. The van der Waals surface area contributed by atoms with Gasteiger partial charge in [0.2, 0.25) is 6.79 Å². The number of nitriles is 1. The summed E-state index contributed by atoms with van der Waals surface area (Å²) < 4.78 is 29.3. The maximum absolute atomic E-state index is 12.7. The third-order valence-corrected chi connectivity index (χ3v) is 11.8. The second-order valence-electron chi connectivity index (χ2n) is 13.0. The van der Waals surface area contributed by atoms with Crippen molar-refractivity contribution in [2.75, 3.05) is 47.4 Å². The number of ether oxygens (including phenoxy) is 5. The number of likely N-dealkylation sites (N-methyl/N-ethyl adjacent to an activating group) is 1. The van der Waals surface area contributed by atoms with Crippen LogP contribution in [0.1, 0.15) is 64.6 Å². The summed E-state index contributed by atoms with van der Waals surface area (Å²) in [6, 6.07) is 2.49. The third kappa shape index (κ3) is 5.17. The zero-order chi connectivity index (χ0) is 33.9. The lowest BCUT2D eigenvalue weighted by molar-refractivity contribution is -0.134. The van der Waals surface area contributed by atoms with Gasteiger partial charge < -0.3 is 33.7 Å². The van der Waals surface area contributed by atoms with Crippen LogP contribution in [0, 0.1) is 25.2 Å². The van der Waals surface area contributed by atoms with Crippen LogP contribution in [0.3, 0.4) is 0 Å². The minimum atomic E-state index is -0.645. The highest BCUT2D eigenvalue weighted by atomic mass is 32.2. The van der Waals surface area contributed by atoms with Gasteiger partial charge in [0.05, 0.1) is 30.5 Å². The van der Waals surface area contributed by atoms with Gasteiger partial charge >= 0.3 is 5.97 Å². The molecule has 47 heavy (non-hydrogen) atoms. The Morgan fingerprint density at radius 3 is 2.60 bits per heavy atom. The Labute approximate surface area is 279 Å². The average molecular weight is 667 g/mol. The van der Waals surface area contributed by atoms with Crippen molar-refractivity contribution in [3.05, 3.63) is 39.4 Å². The maximum Gasteiger partial charge on any atom is 0.308 e. The number of benzene rings is 2. The van der Waals surface area contributed by atoms with E-state index in [1.54, 1.807) is 18.9 Å². The predicted octanol–water partition coefficient (Wildman–Crippen LogP) is 3.80. The Kier molecular flexibility index (Phi) is 8.99. The second-order valence-corrected chi connectivity index (χ2v) is 14.2. The number of esters is 1. The van der Waals surface area contributed by atoms with Gasteiger partial charge in [0.15, 0.2) is 23.0 Å². The molecule has 13 heteroatoms. The molecule has 4 aliphatic heterocycles. The van der Waals surface area contributed by atoms with Crippen molar-refractivity contribution < 1.29 is 38.4 Å². The predicted molar refractivity (Wildman–Crippen MR) is 174 cm³/mol. The largest absolute Gasteiger partial charge is 0.504 e. The number of carbonyl (C=O) groups is 2. The van der Waals surface area contributed by atoms with Crippen LogP contribution < -0.4 is 18.9 Å². The molecule has 0 aliphatic carbocycles. The highest BCUT2D eigenvalue weighted by Crippen LogP contribution is 2.63. The first kappa shape index (κ1) is 33.2. The topological polar surface area (TPSA) is 134 Å². The summed E-state index contributed by atoms with van der Waals surface area (Å²) in [6.07, 6.45) is 0.524. The Balaban J connectivity index is 1.70. The standard InChI is InChI=1S/C34H42N4O8S/c1-16-9-20-10-21-22(11-35)38-23(12-43-14-39)25-26(31(46-19(4)40)18(3)32-33(25)45-15-44-32)34(47-13-17(2)36(5)6)28(38)27(37(21)7)24(20)29(41)30(16)42-8/h9,14,17,21-23,27-28,34,41H,10,12-13,15H2,1-8H3/t17-,21+,22+,23+,27+,28?,34-/m1/s1. The smallest absolute Gasteiger partial charge is 0.308 e. The summed E-state index contributed by atoms with van der Waals surface area (Å²) in [5.74, 6) is 2.04. The number of carbonyl (C=O) groups excluding carboxylic acids is 2. The molecule has 7 atom stereocenters. The number of phenolic OH excluding ortho intramolecular Hbond substituents is 1. The van der Waals surface area contributed by atoms with Crippen LogP contribution in [0.15, 0.2) is 6.07 Å². The van der Waals surface area contributed by atoms with Crippen LogP contribution >= 0.6 is 11.8 Å². The minimum Gasteiger partial charge on any atom is -0.504 e. The molecule has 252 valence electrons. The number of thioether (sulfide) groups is 1. The molecule has 0 spiro atoms. The SMILES string of the molecule is COc1c(C)cc2c(c1O)[C@H]1C3[C@H](SC[C@@H](C)N(C)C)c4c(OC(C)=O)c(C)c5c(c4[C@H](COC=O)N3[C@@H](C#N)[C@H](C2)N1C)OCO5. The third-order valence-electron chi connectivity index (χ3n) is 10.3. The fourth-order valence-corrected chi connectivity index (χ4v) is 9.63. The van der Waals surface area contributed by atoms with Crippen LogP contribution in [-0.4, -0.2) is 104 Å². The number of phenols is 1. The molecule has 2 aromatic carbocycles. The van der Waals surface area contributed by atoms with E-state index in [0.29, 0.717) is 52.8 Å². The lowest BCUT2D eigenvalue weighted by Gasteiger charge is -2.61. The number of fused-ring (bicyclic) bond motifs is 9. The highest BCUT2D eigenvalue weighted by molar-refractivity contribution is 7.99. The first-order chi connectivity index (χ1) is 22.5. The number of hydrogen-bond acceptors (Lipinski definition) is 13. The van der Waals surface area contributed by atoms with E-state index in [1.807, 2.05) is 35.0 Å². The summed E-state index contributed by atoms with van der Waals surface area (Å²) >= 11 is 1.71. The number of rotatable bonds is 9. The fraction of sp³-hybridized carbons (Fsp3) is 0.559. The van der Waals surface area contributed by atoms with Crippen LogP contribution in [0.5, 0.6) is 28.7 Å². The second kappa shape index (κ2) is 12.7. The van der Waals surface area contributed by atoms with Crippen LogP contribution in [0.25, 0.3) is 0 Å². The molecule has 1 N–H and O–H groups in total. The van der Waals surface area contributed by atoms with Gasteiger partial charge in [0, 0.05) is 53.1 Å². The normalized spacial score (nSPS) is 26.5. The van der Waals surface area contributed by atoms with E-state index in [9.17, 15) is 20.0 Å². The number of nitrogens with zero attached hydrogens (tertiary/aromatic N) is 4. The zero-order valence-electron chi connectivity index (χ0n) is 28.0. The van der Waals surface area contributed by atoms with Gasteiger partial charge in [0.25, 0.3) is 6.47 Å². The molecule has 0 aromatic heterocycles. The highest BCUT2D eigenvalue weighted by Gasteiger charge is 2.60. The van der Waals surface area contributed by atoms with E-state index in [1.165, 1.54) is 6.92 Å². The van der Waals surface area contributed by atoms with Gasteiger partial charge in [-0.3, -0.25) is 19.4 Å². The monoisotopic (exact) mass is 666 g/mol. The van der Waals surface area contributed by atoms with Crippen molar-refractivity contribution in [2.45, 2.75) is 75.6 Å². The molecular weight excluding hydrogens is 624 g/mol. The van der Waals surface area contributed by atoms with Crippen LogP contribution in [-0.2, 0) is 20.7 Å². The van der Waals surface area contributed by atoms with Crippen molar-refractivity contribution in [1.29, 1.82) is 5.26 Å². The molecule has 6 rings (SSSR count). The van der Waals surface area contributed by atoms with Crippen LogP contribution in [0.2, 0.25) is 0 Å². The lowest BCUT2D eigenvalue weighted by Crippen LogP contribution is -2.69. The molecule has 12 nitrogen and oxygen atoms in total. The lowest BCUT2D eigenvalue weighted by atomic mass is 9.71. The Morgan fingerprint density at radius 1 is 1.23 bits per heavy atom. The summed E-state index contributed by atoms with van der Waals surface area (Å²) in [4.78, 5) is 30.9. The van der Waals surface area contributed by atoms with Gasteiger partial charge in [-0.15, -0.1) is 0 Å². The van der Waals surface area contributed by atoms with E-state index >= 15 is 0 Å². The maximum atomic E-state index is 12.7. The number of aryl methyl sites for hydroxylation is 1. The van der Waals surface area contributed by atoms with Crippen molar-refractivity contribution in [3.63, 3.8) is 0 Å². The van der Waals surface area contributed by atoms with Crippen molar-refractivity contribution in [2.24, 2.45) is 0 Å². The fourth-order valence-electron chi connectivity index (χ4n) is 7.96. The van der Waals surface area contributed by atoms with E-state index in [0.717, 1.165) is 22.3 Å². The van der Waals surface area contributed by atoms with Crippen LogP contribution in [0.4, 0.5) is 0 Å². The van der Waals surface area contributed by atoms with E-state index < -0.39 is 30.1 Å². The molecule has 1 saturated heterocycles. The molecule has 2 aromatic rings. The number of methoxy groups -OCH3 is 1. The summed E-state index contributed by atoms with van der Waals surface area (Å²) in [6.45, 7) is 7.56. The zero-order valence-corrected chi connectivity index (χ0v) is 28.8. The number of hydrogen-bond donors (Lipinski definition) is 1. The molecule has 1 unspecified atom stereocenters. The van der Waals surface area contributed by atoms with Gasteiger partial charge in [-0.2, -0.15) is 17.0 Å². The van der Waals surface area contributed by atoms with Gasteiger partial charge in [-0.1, -0.05) is 6.07 Å². The summed E-state index contributed by atoms with van der Waals surface area (Å²) in [5, 5.41) is 22.4. The van der Waals surface area contributed by atoms with E-state index in [2.05, 4.69) is 33.8 Å². The quantitative estimate of drug-likeness (QED) is 0.237. The number of aromatic hydroxyl groups is 1. The molecule has 0 amide bonds. The molecule has 2 bridgehead atoms. The van der Waals surface area contributed by atoms with E-state index in [-0.39, 0.29) is 36.5 Å². The van der Waals surface area contributed by atoms with E-state index in [4.69, 9.17) is 23.7 Å².